The third-order valence-electron chi connectivity index (χ3n) is 4.92. The number of hydrogen-bond donors (Lipinski definition) is 1. The highest BCUT2D eigenvalue weighted by Crippen LogP contribution is 2.26. The van der Waals surface area contributed by atoms with Gasteiger partial charge in [-0.2, -0.15) is 0 Å². The molecule has 1 saturated heterocycles. The lowest BCUT2D eigenvalue weighted by Gasteiger charge is -2.24. The number of esters is 2. The van der Waals surface area contributed by atoms with Gasteiger partial charge in [-0.1, -0.05) is 25.7 Å². The minimum Gasteiger partial charge on any atom is -0.460 e. The number of amides is 1. The Labute approximate surface area is 155 Å². The van der Waals surface area contributed by atoms with E-state index in [1.807, 2.05) is 0 Å². The average molecular weight is 368 g/mol. The van der Waals surface area contributed by atoms with Crippen LogP contribution in [0.2, 0.25) is 0 Å². The fraction of sp³-hybridized carbons (Fsp3) is 0.842. The summed E-state index contributed by atoms with van der Waals surface area (Å²) < 4.78 is 11.0. The summed E-state index contributed by atoms with van der Waals surface area (Å²) in [6.07, 6.45) is 6.35. The van der Waals surface area contributed by atoms with E-state index in [2.05, 4.69) is 0 Å². The van der Waals surface area contributed by atoms with Crippen LogP contribution in [0, 0.1) is 11.8 Å². The fourth-order valence-corrected chi connectivity index (χ4v) is 3.54. The SMILES string of the molecule is CC(C)(C)OC(=O)[C@H]1CC[C@@H](OC(=O)C2CCCCCC2)CN(N)C1=O. The van der Waals surface area contributed by atoms with Crippen molar-refractivity contribution in [3.63, 3.8) is 0 Å². The largest absolute Gasteiger partial charge is 0.460 e. The van der Waals surface area contributed by atoms with E-state index in [4.69, 9.17) is 15.3 Å². The first kappa shape index (κ1) is 20.7. The third kappa shape index (κ3) is 5.97. The normalized spacial score (nSPS) is 26.0. The number of hydrazine groups is 1. The van der Waals surface area contributed by atoms with E-state index >= 15 is 0 Å². The zero-order valence-corrected chi connectivity index (χ0v) is 16.2. The van der Waals surface area contributed by atoms with Gasteiger partial charge in [0.1, 0.15) is 17.6 Å². The minimum absolute atomic E-state index is 0.0654. The highest BCUT2D eigenvalue weighted by molar-refractivity contribution is 5.97. The summed E-state index contributed by atoms with van der Waals surface area (Å²) in [4.78, 5) is 37.2. The monoisotopic (exact) mass is 368 g/mol. The molecule has 1 aliphatic heterocycles. The second kappa shape index (κ2) is 8.84. The molecule has 1 amide bonds. The topological polar surface area (TPSA) is 98.9 Å². The van der Waals surface area contributed by atoms with Crippen molar-refractivity contribution >= 4 is 17.8 Å². The van der Waals surface area contributed by atoms with Crippen molar-refractivity contribution in [2.45, 2.75) is 83.8 Å². The van der Waals surface area contributed by atoms with Gasteiger partial charge >= 0.3 is 11.9 Å². The summed E-state index contributed by atoms with van der Waals surface area (Å²) in [5.74, 6) is 3.56. The summed E-state index contributed by atoms with van der Waals surface area (Å²) in [7, 11) is 0. The smallest absolute Gasteiger partial charge is 0.319 e. The highest BCUT2D eigenvalue weighted by Gasteiger charge is 2.38. The molecule has 0 aromatic carbocycles. The molecule has 0 radical (unpaired) electrons. The van der Waals surface area contributed by atoms with Crippen LogP contribution in [-0.4, -0.2) is 41.1 Å². The molecular weight excluding hydrogens is 336 g/mol. The second-order valence-electron chi connectivity index (χ2n) is 8.40. The summed E-state index contributed by atoms with van der Waals surface area (Å²) in [5, 5.41) is 0.993. The molecular formula is C19H32N2O5. The molecule has 2 N–H and O–H groups in total. The van der Waals surface area contributed by atoms with Crippen LogP contribution in [0.5, 0.6) is 0 Å². The van der Waals surface area contributed by atoms with Crippen LogP contribution >= 0.6 is 0 Å². The number of hydrogen-bond acceptors (Lipinski definition) is 6. The van der Waals surface area contributed by atoms with Crippen molar-refractivity contribution in [1.82, 2.24) is 5.01 Å². The molecule has 2 fully saturated rings. The molecule has 26 heavy (non-hydrogen) atoms. The Balaban J connectivity index is 1.95. The quantitative estimate of drug-likeness (QED) is 0.270. The first-order valence-electron chi connectivity index (χ1n) is 9.67. The van der Waals surface area contributed by atoms with Gasteiger partial charge in [-0.3, -0.25) is 19.4 Å². The maximum Gasteiger partial charge on any atom is 0.319 e. The Morgan fingerprint density at radius 1 is 1.00 bits per heavy atom. The van der Waals surface area contributed by atoms with E-state index in [0.717, 1.165) is 43.5 Å². The molecule has 1 aliphatic carbocycles. The Morgan fingerprint density at radius 3 is 2.19 bits per heavy atom. The lowest BCUT2D eigenvalue weighted by molar-refractivity contribution is -0.165. The van der Waals surface area contributed by atoms with Crippen molar-refractivity contribution < 1.29 is 23.9 Å². The predicted molar refractivity (Wildman–Crippen MR) is 95.5 cm³/mol. The Morgan fingerprint density at radius 2 is 1.62 bits per heavy atom. The molecule has 0 aromatic heterocycles. The molecule has 2 aliphatic rings. The van der Waals surface area contributed by atoms with Crippen molar-refractivity contribution in [1.29, 1.82) is 0 Å². The van der Waals surface area contributed by atoms with Crippen LogP contribution in [0.25, 0.3) is 0 Å². The number of nitrogens with zero attached hydrogens (tertiary/aromatic N) is 1. The van der Waals surface area contributed by atoms with Crippen LogP contribution in [0.3, 0.4) is 0 Å². The Bertz CT molecular complexity index is 521. The third-order valence-corrected chi connectivity index (χ3v) is 4.92. The van der Waals surface area contributed by atoms with Crippen LogP contribution in [0.1, 0.15) is 72.1 Å². The van der Waals surface area contributed by atoms with Gasteiger partial charge in [0.25, 0.3) is 5.91 Å². The molecule has 1 heterocycles. The molecule has 0 spiro atoms. The number of carbonyl (C=O) groups excluding carboxylic acids is 3. The number of ether oxygens (including phenoxy) is 2. The first-order chi connectivity index (χ1) is 12.2. The van der Waals surface area contributed by atoms with Gasteiger partial charge in [0.05, 0.1) is 12.5 Å². The van der Waals surface area contributed by atoms with Crippen molar-refractivity contribution in [3.05, 3.63) is 0 Å². The van der Waals surface area contributed by atoms with E-state index in [0.29, 0.717) is 6.42 Å². The lowest BCUT2D eigenvalue weighted by atomic mass is 10.00. The summed E-state index contributed by atoms with van der Waals surface area (Å²) in [6.45, 7) is 5.37. The summed E-state index contributed by atoms with van der Waals surface area (Å²) in [5.41, 5.74) is -0.672. The first-order valence-corrected chi connectivity index (χ1v) is 9.67. The van der Waals surface area contributed by atoms with Crippen LogP contribution < -0.4 is 5.84 Å². The molecule has 2 rings (SSSR count). The fourth-order valence-electron chi connectivity index (χ4n) is 3.54. The van der Waals surface area contributed by atoms with Gasteiger partial charge in [-0.15, -0.1) is 0 Å². The van der Waals surface area contributed by atoms with Crippen molar-refractivity contribution in [2.24, 2.45) is 17.7 Å². The van der Waals surface area contributed by atoms with E-state index < -0.39 is 29.5 Å². The van der Waals surface area contributed by atoms with Crippen LogP contribution in [0.15, 0.2) is 0 Å². The van der Waals surface area contributed by atoms with Gasteiger partial charge in [0.2, 0.25) is 0 Å². The number of carbonyl (C=O) groups is 3. The molecule has 148 valence electrons. The minimum atomic E-state index is -0.944. The average Bonchev–Trinajstić information content (AvgIpc) is 2.87. The van der Waals surface area contributed by atoms with E-state index in [-0.39, 0.29) is 24.9 Å². The van der Waals surface area contributed by atoms with Crippen LogP contribution in [0.4, 0.5) is 0 Å². The number of rotatable bonds is 3. The zero-order valence-electron chi connectivity index (χ0n) is 16.2. The Kier molecular flexibility index (Phi) is 7.03. The van der Waals surface area contributed by atoms with Gasteiger partial charge in [0, 0.05) is 0 Å². The molecule has 0 unspecified atom stereocenters. The lowest BCUT2D eigenvalue weighted by Crippen LogP contribution is -2.46. The summed E-state index contributed by atoms with van der Waals surface area (Å²) in [6, 6.07) is 0. The second-order valence-corrected chi connectivity index (χ2v) is 8.40. The standard InChI is InChI=1S/C19H32N2O5/c1-19(2,3)26-18(24)15-11-10-14(12-21(20)16(15)22)25-17(23)13-8-6-4-5-7-9-13/h13-15H,4-12,20H2,1-3H3/t14-,15+/m1/s1. The highest BCUT2D eigenvalue weighted by atomic mass is 16.6. The van der Waals surface area contributed by atoms with Gasteiger partial charge in [0.15, 0.2) is 0 Å². The zero-order chi connectivity index (χ0) is 19.3. The van der Waals surface area contributed by atoms with Crippen molar-refractivity contribution in [3.8, 4) is 0 Å². The molecule has 1 saturated carbocycles. The van der Waals surface area contributed by atoms with Gasteiger partial charge < -0.3 is 9.47 Å². The van der Waals surface area contributed by atoms with E-state index in [9.17, 15) is 14.4 Å². The predicted octanol–water partition coefficient (Wildman–Crippen LogP) is 2.32. The molecule has 2 atom stereocenters. The van der Waals surface area contributed by atoms with E-state index in [1.54, 1.807) is 20.8 Å². The van der Waals surface area contributed by atoms with Crippen LogP contribution in [-0.2, 0) is 23.9 Å². The molecule has 7 nitrogen and oxygen atoms in total. The van der Waals surface area contributed by atoms with Gasteiger partial charge in [-0.05, 0) is 46.5 Å². The molecule has 7 heteroatoms. The molecule has 0 aromatic rings. The van der Waals surface area contributed by atoms with Crippen molar-refractivity contribution in [2.75, 3.05) is 6.54 Å². The van der Waals surface area contributed by atoms with E-state index in [1.165, 1.54) is 0 Å². The molecule has 0 bridgehead atoms. The van der Waals surface area contributed by atoms with Gasteiger partial charge in [-0.25, -0.2) is 5.84 Å². The Hall–Kier alpha value is -1.63. The maximum absolute atomic E-state index is 12.5. The summed E-state index contributed by atoms with van der Waals surface area (Å²) >= 11 is 0. The maximum atomic E-state index is 12.5. The number of nitrogens with two attached hydrogens (primary N) is 1.